The summed E-state index contributed by atoms with van der Waals surface area (Å²) in [5.41, 5.74) is 0. The summed E-state index contributed by atoms with van der Waals surface area (Å²) in [5.74, 6) is 0.896. The van der Waals surface area contributed by atoms with Gasteiger partial charge in [-0.05, 0) is 23.3 Å². The third-order valence-electron chi connectivity index (χ3n) is 1.81. The van der Waals surface area contributed by atoms with E-state index in [0.717, 1.165) is 6.42 Å². The summed E-state index contributed by atoms with van der Waals surface area (Å²) in [7, 11) is 1.22. The van der Waals surface area contributed by atoms with Crippen LogP contribution in [0.5, 0.6) is 0 Å². The van der Waals surface area contributed by atoms with E-state index in [1.807, 2.05) is 13.8 Å². The van der Waals surface area contributed by atoms with Crippen LogP contribution in [0, 0.1) is 11.8 Å². The minimum absolute atomic E-state index is 0.0532. The van der Waals surface area contributed by atoms with Gasteiger partial charge in [0, 0.05) is 5.92 Å². The molecule has 0 amide bonds. The van der Waals surface area contributed by atoms with Crippen LogP contribution in [0.2, 0.25) is 0 Å². The van der Waals surface area contributed by atoms with Crippen molar-refractivity contribution < 1.29 is 4.79 Å². The fraction of sp³-hybridized carbons (Fsp3) is 0.889. The first-order valence-electron chi connectivity index (χ1n) is 4.58. The molecular formula is C9H19NOS2. The quantitative estimate of drug-likeness (QED) is 0.410. The average Bonchev–Trinajstić information content (AvgIpc) is 2.01. The standard InChI is InChI=1S/C9H19NOS2/c1-6(2)5-8(10-13-12)9(11)7(3)4/h6-8,10,12H,5H2,1-4H3/t8-/m1/s1. The monoisotopic (exact) mass is 221 g/mol. The van der Waals surface area contributed by atoms with E-state index in [-0.39, 0.29) is 17.7 Å². The summed E-state index contributed by atoms with van der Waals surface area (Å²) >= 11 is 4.00. The number of hydrogen-bond donors (Lipinski definition) is 2. The first kappa shape index (κ1) is 13.3. The topological polar surface area (TPSA) is 29.1 Å². The summed E-state index contributed by atoms with van der Waals surface area (Å²) in [5, 5.41) is 0. The van der Waals surface area contributed by atoms with Crippen molar-refractivity contribution in [3.63, 3.8) is 0 Å². The molecule has 4 heteroatoms. The lowest BCUT2D eigenvalue weighted by Crippen LogP contribution is -2.36. The van der Waals surface area contributed by atoms with E-state index in [0.29, 0.717) is 5.92 Å². The van der Waals surface area contributed by atoms with Gasteiger partial charge in [-0.2, -0.15) is 0 Å². The van der Waals surface area contributed by atoms with Gasteiger partial charge in [-0.25, -0.2) is 4.72 Å². The fourth-order valence-corrected chi connectivity index (χ4v) is 1.88. The van der Waals surface area contributed by atoms with Crippen molar-refractivity contribution >= 4 is 28.4 Å². The van der Waals surface area contributed by atoms with Crippen LogP contribution in [0.1, 0.15) is 34.1 Å². The number of hydrogen-bond acceptors (Lipinski definition) is 4. The Morgan fingerprint density at radius 3 is 2.23 bits per heavy atom. The highest BCUT2D eigenvalue weighted by atomic mass is 33.1. The lowest BCUT2D eigenvalue weighted by Gasteiger charge is -2.19. The van der Waals surface area contributed by atoms with E-state index in [1.54, 1.807) is 0 Å². The summed E-state index contributed by atoms with van der Waals surface area (Å²) in [6.07, 6.45) is 0.880. The molecular weight excluding hydrogens is 202 g/mol. The number of carbonyl (C=O) groups excluding carboxylic acids is 1. The van der Waals surface area contributed by atoms with Gasteiger partial charge in [0.2, 0.25) is 0 Å². The second-order valence-electron chi connectivity index (χ2n) is 3.95. The van der Waals surface area contributed by atoms with Crippen molar-refractivity contribution in [3.8, 4) is 0 Å². The molecule has 0 rings (SSSR count). The first-order chi connectivity index (χ1) is 5.99. The normalized spacial score (nSPS) is 13.8. The Bertz CT molecular complexity index is 160. The van der Waals surface area contributed by atoms with Crippen molar-refractivity contribution in [3.05, 3.63) is 0 Å². The van der Waals surface area contributed by atoms with E-state index in [4.69, 9.17) is 0 Å². The Balaban J connectivity index is 4.15. The predicted octanol–water partition coefficient (Wildman–Crippen LogP) is 2.71. The van der Waals surface area contributed by atoms with Crippen molar-refractivity contribution in [2.24, 2.45) is 11.8 Å². The van der Waals surface area contributed by atoms with Crippen LogP contribution < -0.4 is 4.72 Å². The lowest BCUT2D eigenvalue weighted by molar-refractivity contribution is -0.123. The van der Waals surface area contributed by atoms with Crippen molar-refractivity contribution in [2.45, 2.75) is 40.2 Å². The number of thiol groups is 1. The maximum Gasteiger partial charge on any atom is 0.153 e. The molecule has 0 aliphatic heterocycles. The second-order valence-corrected chi connectivity index (χ2v) is 4.91. The molecule has 0 radical (unpaired) electrons. The number of rotatable bonds is 6. The maximum absolute atomic E-state index is 11.7. The van der Waals surface area contributed by atoms with Gasteiger partial charge in [0.25, 0.3) is 0 Å². The Hall–Kier alpha value is 0.330. The Labute approximate surface area is 90.2 Å². The number of nitrogens with one attached hydrogen (secondary N) is 1. The Morgan fingerprint density at radius 1 is 1.38 bits per heavy atom. The van der Waals surface area contributed by atoms with Gasteiger partial charge in [-0.1, -0.05) is 39.4 Å². The molecule has 1 atom stereocenters. The molecule has 0 unspecified atom stereocenters. The van der Waals surface area contributed by atoms with Crippen LogP contribution in [0.3, 0.4) is 0 Å². The van der Waals surface area contributed by atoms with Gasteiger partial charge in [-0.3, -0.25) is 4.79 Å². The molecule has 0 bridgehead atoms. The van der Waals surface area contributed by atoms with E-state index in [2.05, 4.69) is 30.2 Å². The summed E-state index contributed by atoms with van der Waals surface area (Å²) in [6, 6.07) is -0.0532. The van der Waals surface area contributed by atoms with Crippen LogP contribution >= 0.6 is 22.6 Å². The summed E-state index contributed by atoms with van der Waals surface area (Å²) in [4.78, 5) is 11.7. The summed E-state index contributed by atoms with van der Waals surface area (Å²) < 4.78 is 3.03. The van der Waals surface area contributed by atoms with Crippen LogP contribution in [0.4, 0.5) is 0 Å². The number of Topliss-reactive ketones (excluding diaryl/α,β-unsaturated/α-hetero) is 1. The third-order valence-corrected chi connectivity index (χ3v) is 2.52. The van der Waals surface area contributed by atoms with Crippen LogP contribution in [-0.2, 0) is 4.79 Å². The largest absolute Gasteiger partial charge is 0.298 e. The number of carbonyl (C=O) groups is 1. The lowest BCUT2D eigenvalue weighted by atomic mass is 9.95. The highest BCUT2D eigenvalue weighted by Gasteiger charge is 2.21. The first-order valence-corrected chi connectivity index (χ1v) is 6.45. The zero-order valence-corrected chi connectivity index (χ0v) is 10.4. The van der Waals surface area contributed by atoms with Gasteiger partial charge < -0.3 is 0 Å². The second kappa shape index (κ2) is 6.74. The molecule has 78 valence electrons. The smallest absolute Gasteiger partial charge is 0.153 e. The zero-order chi connectivity index (χ0) is 10.4. The molecule has 0 saturated heterocycles. The van der Waals surface area contributed by atoms with Gasteiger partial charge in [0.15, 0.2) is 5.78 Å². The minimum atomic E-state index is -0.0532. The van der Waals surface area contributed by atoms with Gasteiger partial charge in [0.05, 0.1) is 6.04 Å². The van der Waals surface area contributed by atoms with E-state index in [9.17, 15) is 4.79 Å². The molecule has 0 heterocycles. The van der Waals surface area contributed by atoms with Crippen LogP contribution in [0.25, 0.3) is 0 Å². The Kier molecular flexibility index (Phi) is 6.91. The van der Waals surface area contributed by atoms with Crippen molar-refractivity contribution in [1.82, 2.24) is 4.72 Å². The van der Waals surface area contributed by atoms with Gasteiger partial charge >= 0.3 is 0 Å². The third kappa shape index (κ3) is 5.60. The molecule has 1 N–H and O–H groups in total. The summed E-state index contributed by atoms with van der Waals surface area (Å²) in [6.45, 7) is 8.10. The molecule has 13 heavy (non-hydrogen) atoms. The molecule has 0 spiro atoms. The minimum Gasteiger partial charge on any atom is -0.298 e. The molecule has 0 aliphatic carbocycles. The van der Waals surface area contributed by atoms with E-state index >= 15 is 0 Å². The number of ketones is 1. The maximum atomic E-state index is 11.7. The molecule has 0 aromatic rings. The SMILES string of the molecule is CC(C)C[C@@H](NSS)C(=O)C(C)C. The van der Waals surface area contributed by atoms with E-state index in [1.165, 1.54) is 11.0 Å². The Morgan fingerprint density at radius 2 is 1.92 bits per heavy atom. The van der Waals surface area contributed by atoms with Gasteiger partial charge in [0.1, 0.15) is 0 Å². The van der Waals surface area contributed by atoms with E-state index < -0.39 is 0 Å². The van der Waals surface area contributed by atoms with Crippen molar-refractivity contribution in [2.75, 3.05) is 0 Å². The molecule has 0 aromatic heterocycles. The predicted molar refractivity (Wildman–Crippen MR) is 62.8 cm³/mol. The van der Waals surface area contributed by atoms with Crippen LogP contribution in [0.15, 0.2) is 0 Å². The molecule has 0 fully saturated rings. The van der Waals surface area contributed by atoms with Gasteiger partial charge in [-0.15, -0.1) is 0 Å². The average molecular weight is 221 g/mol. The van der Waals surface area contributed by atoms with Crippen molar-refractivity contribution in [1.29, 1.82) is 0 Å². The highest BCUT2D eigenvalue weighted by molar-refractivity contribution is 8.67. The zero-order valence-electron chi connectivity index (χ0n) is 8.70. The molecule has 0 saturated carbocycles. The molecule has 0 aliphatic rings. The highest BCUT2D eigenvalue weighted by Crippen LogP contribution is 2.13. The molecule has 2 nitrogen and oxygen atoms in total. The van der Waals surface area contributed by atoms with Crippen LogP contribution in [-0.4, -0.2) is 11.8 Å². The fourth-order valence-electron chi connectivity index (χ4n) is 1.16. The molecule has 0 aromatic carbocycles.